The van der Waals surface area contributed by atoms with E-state index in [4.69, 9.17) is 5.73 Å². The Balaban J connectivity index is 2.29. The van der Waals surface area contributed by atoms with Crippen LogP contribution < -0.4 is 11.1 Å². The number of aryl methyl sites for hydroxylation is 1. The van der Waals surface area contributed by atoms with Gasteiger partial charge in [0.2, 0.25) is 5.91 Å². The highest BCUT2D eigenvalue weighted by Crippen LogP contribution is 2.08. The molecule has 1 aromatic rings. The molecule has 0 spiro atoms. The molecule has 1 rings (SSSR count). The number of hydrogen-bond acceptors (Lipinski definition) is 2. The highest BCUT2D eigenvalue weighted by atomic mass is 16.1. The standard InChI is InChI=1S/C15H24N2O/c1-12-6-3-4-8-14(12)9-11-17-15(18)13(2)7-5-10-16/h3-4,6,8,13H,5,7,9-11,16H2,1-2H3,(H,17,18). The Morgan fingerprint density at radius 2 is 2.11 bits per heavy atom. The molecule has 1 amide bonds. The quantitative estimate of drug-likeness (QED) is 0.775. The van der Waals surface area contributed by atoms with Crippen LogP contribution in [0.25, 0.3) is 0 Å². The zero-order chi connectivity index (χ0) is 13.4. The maximum Gasteiger partial charge on any atom is 0.222 e. The Morgan fingerprint density at radius 1 is 1.39 bits per heavy atom. The largest absolute Gasteiger partial charge is 0.356 e. The maximum atomic E-state index is 11.8. The number of benzene rings is 1. The van der Waals surface area contributed by atoms with E-state index >= 15 is 0 Å². The molecule has 0 aromatic heterocycles. The molecule has 0 saturated heterocycles. The van der Waals surface area contributed by atoms with Crippen molar-refractivity contribution in [3.05, 3.63) is 35.4 Å². The molecule has 1 unspecified atom stereocenters. The molecular weight excluding hydrogens is 224 g/mol. The van der Waals surface area contributed by atoms with Crippen LogP contribution >= 0.6 is 0 Å². The molecule has 0 aliphatic rings. The van der Waals surface area contributed by atoms with Crippen molar-refractivity contribution in [1.82, 2.24) is 5.32 Å². The van der Waals surface area contributed by atoms with Gasteiger partial charge in [0.15, 0.2) is 0 Å². The number of hydrogen-bond donors (Lipinski definition) is 2. The highest BCUT2D eigenvalue weighted by Gasteiger charge is 2.11. The third-order valence-corrected chi connectivity index (χ3v) is 3.24. The first-order valence-electron chi connectivity index (χ1n) is 6.67. The predicted octanol–water partition coefficient (Wildman–Crippen LogP) is 2.03. The summed E-state index contributed by atoms with van der Waals surface area (Å²) >= 11 is 0. The second kappa shape index (κ2) is 7.88. The summed E-state index contributed by atoms with van der Waals surface area (Å²) < 4.78 is 0. The Morgan fingerprint density at radius 3 is 2.78 bits per heavy atom. The van der Waals surface area contributed by atoms with Crippen molar-refractivity contribution in [3.8, 4) is 0 Å². The smallest absolute Gasteiger partial charge is 0.222 e. The minimum Gasteiger partial charge on any atom is -0.356 e. The van der Waals surface area contributed by atoms with Crippen molar-refractivity contribution in [1.29, 1.82) is 0 Å². The Labute approximate surface area is 110 Å². The lowest BCUT2D eigenvalue weighted by Gasteiger charge is -2.12. The normalized spacial score (nSPS) is 12.2. The number of amides is 1. The molecule has 0 fully saturated rings. The lowest BCUT2D eigenvalue weighted by molar-refractivity contribution is -0.124. The van der Waals surface area contributed by atoms with Crippen molar-refractivity contribution < 1.29 is 4.79 Å². The van der Waals surface area contributed by atoms with Gasteiger partial charge in [-0.1, -0.05) is 31.2 Å². The van der Waals surface area contributed by atoms with Crippen LogP contribution in [0, 0.1) is 12.8 Å². The molecule has 100 valence electrons. The first-order chi connectivity index (χ1) is 8.65. The van der Waals surface area contributed by atoms with Crippen LogP contribution in [0.15, 0.2) is 24.3 Å². The first kappa shape index (κ1) is 14.7. The van der Waals surface area contributed by atoms with E-state index in [-0.39, 0.29) is 11.8 Å². The first-order valence-corrected chi connectivity index (χ1v) is 6.67. The van der Waals surface area contributed by atoms with Crippen molar-refractivity contribution >= 4 is 5.91 Å². The van der Waals surface area contributed by atoms with Crippen LogP contribution in [0.1, 0.15) is 30.9 Å². The minimum absolute atomic E-state index is 0.0606. The van der Waals surface area contributed by atoms with E-state index in [0.717, 1.165) is 19.3 Å². The van der Waals surface area contributed by atoms with Gasteiger partial charge in [-0.05, 0) is 43.9 Å². The van der Waals surface area contributed by atoms with E-state index in [0.29, 0.717) is 13.1 Å². The zero-order valence-corrected chi connectivity index (χ0v) is 11.4. The number of nitrogens with one attached hydrogen (secondary N) is 1. The van der Waals surface area contributed by atoms with E-state index in [1.807, 2.05) is 19.1 Å². The fourth-order valence-corrected chi connectivity index (χ4v) is 1.94. The summed E-state index contributed by atoms with van der Waals surface area (Å²) in [6.07, 6.45) is 2.67. The van der Waals surface area contributed by atoms with Gasteiger partial charge in [-0.25, -0.2) is 0 Å². The molecule has 0 aliphatic carbocycles. The lowest BCUT2D eigenvalue weighted by Crippen LogP contribution is -2.31. The Hall–Kier alpha value is -1.35. The molecule has 0 saturated carbocycles. The Bertz CT molecular complexity index is 377. The van der Waals surface area contributed by atoms with Crippen LogP contribution in [0.2, 0.25) is 0 Å². The second-order valence-corrected chi connectivity index (χ2v) is 4.80. The van der Waals surface area contributed by atoms with Crippen LogP contribution in [0.3, 0.4) is 0 Å². The van der Waals surface area contributed by atoms with E-state index in [2.05, 4.69) is 24.4 Å². The van der Waals surface area contributed by atoms with Gasteiger partial charge in [-0.3, -0.25) is 4.79 Å². The number of carbonyl (C=O) groups excluding carboxylic acids is 1. The van der Waals surface area contributed by atoms with Crippen molar-refractivity contribution in [2.24, 2.45) is 11.7 Å². The van der Waals surface area contributed by atoms with Crippen LogP contribution in [-0.2, 0) is 11.2 Å². The van der Waals surface area contributed by atoms with Gasteiger partial charge < -0.3 is 11.1 Å². The van der Waals surface area contributed by atoms with Crippen molar-refractivity contribution in [2.75, 3.05) is 13.1 Å². The SMILES string of the molecule is Cc1ccccc1CCNC(=O)C(C)CCCN. The molecule has 18 heavy (non-hydrogen) atoms. The third-order valence-electron chi connectivity index (χ3n) is 3.24. The van der Waals surface area contributed by atoms with E-state index in [9.17, 15) is 4.79 Å². The summed E-state index contributed by atoms with van der Waals surface area (Å²) in [5, 5.41) is 2.99. The van der Waals surface area contributed by atoms with E-state index in [1.54, 1.807) is 0 Å². The number of rotatable bonds is 7. The summed E-state index contributed by atoms with van der Waals surface area (Å²) in [7, 11) is 0. The van der Waals surface area contributed by atoms with Gasteiger partial charge in [0.05, 0.1) is 0 Å². The highest BCUT2D eigenvalue weighted by molar-refractivity contribution is 5.78. The number of carbonyl (C=O) groups is 1. The van der Waals surface area contributed by atoms with Gasteiger partial charge in [-0.2, -0.15) is 0 Å². The topological polar surface area (TPSA) is 55.1 Å². The lowest BCUT2D eigenvalue weighted by atomic mass is 10.0. The van der Waals surface area contributed by atoms with E-state index in [1.165, 1.54) is 11.1 Å². The average molecular weight is 248 g/mol. The van der Waals surface area contributed by atoms with Crippen molar-refractivity contribution in [3.63, 3.8) is 0 Å². The van der Waals surface area contributed by atoms with Crippen LogP contribution in [0.5, 0.6) is 0 Å². The molecule has 1 atom stereocenters. The third kappa shape index (κ3) is 4.88. The van der Waals surface area contributed by atoms with Gasteiger partial charge in [0, 0.05) is 12.5 Å². The van der Waals surface area contributed by atoms with E-state index < -0.39 is 0 Å². The van der Waals surface area contributed by atoms with Gasteiger partial charge in [0.25, 0.3) is 0 Å². The maximum absolute atomic E-state index is 11.8. The summed E-state index contributed by atoms with van der Waals surface area (Å²) in [5.74, 6) is 0.197. The fraction of sp³-hybridized carbons (Fsp3) is 0.533. The summed E-state index contributed by atoms with van der Waals surface area (Å²) in [6, 6.07) is 8.28. The molecule has 0 heterocycles. The summed E-state index contributed by atoms with van der Waals surface area (Å²) in [6.45, 7) is 5.41. The van der Waals surface area contributed by atoms with Gasteiger partial charge in [-0.15, -0.1) is 0 Å². The zero-order valence-electron chi connectivity index (χ0n) is 11.4. The predicted molar refractivity (Wildman–Crippen MR) is 75.3 cm³/mol. The summed E-state index contributed by atoms with van der Waals surface area (Å²) in [5.41, 5.74) is 8.02. The molecule has 0 aliphatic heterocycles. The fourth-order valence-electron chi connectivity index (χ4n) is 1.94. The van der Waals surface area contributed by atoms with Crippen LogP contribution in [-0.4, -0.2) is 19.0 Å². The molecule has 0 radical (unpaired) electrons. The summed E-state index contributed by atoms with van der Waals surface area (Å²) in [4.78, 5) is 11.8. The number of nitrogens with two attached hydrogens (primary N) is 1. The minimum atomic E-state index is 0.0606. The molecule has 3 N–H and O–H groups in total. The van der Waals surface area contributed by atoms with Gasteiger partial charge >= 0.3 is 0 Å². The van der Waals surface area contributed by atoms with Crippen molar-refractivity contribution in [2.45, 2.75) is 33.1 Å². The monoisotopic (exact) mass is 248 g/mol. The second-order valence-electron chi connectivity index (χ2n) is 4.80. The van der Waals surface area contributed by atoms with Crippen LogP contribution in [0.4, 0.5) is 0 Å². The Kier molecular flexibility index (Phi) is 6.44. The van der Waals surface area contributed by atoms with Gasteiger partial charge in [0.1, 0.15) is 0 Å². The molecule has 3 nitrogen and oxygen atoms in total. The molecule has 3 heteroatoms. The molecule has 0 bridgehead atoms. The molecular formula is C15H24N2O. The molecule has 1 aromatic carbocycles. The average Bonchev–Trinajstić information content (AvgIpc) is 2.38.